The molecule has 3 rings (SSSR count). The highest BCUT2D eigenvalue weighted by molar-refractivity contribution is 5.95. The summed E-state index contributed by atoms with van der Waals surface area (Å²) in [4.78, 5) is 12.7. The van der Waals surface area contributed by atoms with E-state index in [1.54, 1.807) is 6.20 Å². The van der Waals surface area contributed by atoms with Crippen molar-refractivity contribution in [3.05, 3.63) is 82.7 Å². The molecule has 2 aromatic carbocycles. The molecule has 0 aliphatic carbocycles. The van der Waals surface area contributed by atoms with Crippen molar-refractivity contribution < 1.29 is 4.79 Å². The quantitative estimate of drug-likeness (QED) is 0.677. The highest BCUT2D eigenvalue weighted by Gasteiger charge is 2.17. The molecule has 1 amide bonds. The number of para-hydroxylation sites is 1. The van der Waals surface area contributed by atoms with E-state index in [9.17, 15) is 4.79 Å². The van der Waals surface area contributed by atoms with Gasteiger partial charge in [0.25, 0.3) is 5.91 Å². The Morgan fingerprint density at radius 1 is 1.04 bits per heavy atom. The SMILES string of the molecule is CCCc1c(C(=O)NCCc2ccc(C)c(C)c2)cnn1-c1ccccc1. The minimum absolute atomic E-state index is 0.0514. The summed E-state index contributed by atoms with van der Waals surface area (Å²) in [6.07, 6.45) is 4.28. The molecule has 4 heteroatoms. The van der Waals surface area contributed by atoms with Crippen molar-refractivity contribution in [3.63, 3.8) is 0 Å². The van der Waals surface area contributed by atoms with Crippen molar-refractivity contribution in [1.29, 1.82) is 0 Å². The van der Waals surface area contributed by atoms with Gasteiger partial charge in [0, 0.05) is 6.54 Å². The molecule has 0 radical (unpaired) electrons. The first kappa shape index (κ1) is 18.9. The third kappa shape index (κ3) is 4.45. The van der Waals surface area contributed by atoms with E-state index in [4.69, 9.17) is 0 Å². The summed E-state index contributed by atoms with van der Waals surface area (Å²) in [6, 6.07) is 16.4. The lowest BCUT2D eigenvalue weighted by Gasteiger charge is -2.10. The van der Waals surface area contributed by atoms with Crippen LogP contribution in [0.2, 0.25) is 0 Å². The highest BCUT2D eigenvalue weighted by Crippen LogP contribution is 2.17. The minimum Gasteiger partial charge on any atom is -0.352 e. The molecule has 27 heavy (non-hydrogen) atoms. The smallest absolute Gasteiger partial charge is 0.254 e. The Morgan fingerprint density at radius 3 is 2.52 bits per heavy atom. The maximum absolute atomic E-state index is 12.7. The van der Waals surface area contributed by atoms with Gasteiger partial charge in [-0.1, -0.05) is 49.7 Å². The lowest BCUT2D eigenvalue weighted by Crippen LogP contribution is -2.26. The van der Waals surface area contributed by atoms with Gasteiger partial charge in [-0.15, -0.1) is 0 Å². The van der Waals surface area contributed by atoms with Crippen LogP contribution in [0.3, 0.4) is 0 Å². The lowest BCUT2D eigenvalue weighted by molar-refractivity contribution is 0.0953. The van der Waals surface area contributed by atoms with E-state index in [2.05, 4.69) is 49.4 Å². The summed E-state index contributed by atoms with van der Waals surface area (Å²) in [5.74, 6) is -0.0514. The van der Waals surface area contributed by atoms with Gasteiger partial charge in [0.15, 0.2) is 0 Å². The van der Waals surface area contributed by atoms with Crippen LogP contribution in [0.25, 0.3) is 5.69 Å². The van der Waals surface area contributed by atoms with Gasteiger partial charge in [0.2, 0.25) is 0 Å². The zero-order valence-corrected chi connectivity index (χ0v) is 16.3. The molecule has 0 saturated carbocycles. The number of hydrogen-bond donors (Lipinski definition) is 1. The zero-order valence-electron chi connectivity index (χ0n) is 16.3. The van der Waals surface area contributed by atoms with E-state index in [0.29, 0.717) is 12.1 Å². The normalized spacial score (nSPS) is 10.8. The molecular weight excluding hydrogens is 334 g/mol. The number of hydrogen-bond acceptors (Lipinski definition) is 2. The number of aryl methyl sites for hydroxylation is 2. The maximum Gasteiger partial charge on any atom is 0.254 e. The Labute approximate surface area is 161 Å². The molecule has 4 nitrogen and oxygen atoms in total. The second kappa shape index (κ2) is 8.67. The highest BCUT2D eigenvalue weighted by atomic mass is 16.1. The fraction of sp³-hybridized carbons (Fsp3) is 0.304. The number of carbonyl (C=O) groups is 1. The molecule has 0 aliphatic heterocycles. The van der Waals surface area contributed by atoms with Crippen molar-refractivity contribution in [1.82, 2.24) is 15.1 Å². The average Bonchev–Trinajstić information content (AvgIpc) is 3.09. The fourth-order valence-corrected chi connectivity index (χ4v) is 3.21. The monoisotopic (exact) mass is 361 g/mol. The summed E-state index contributed by atoms with van der Waals surface area (Å²) < 4.78 is 1.88. The van der Waals surface area contributed by atoms with Gasteiger partial charge in [-0.2, -0.15) is 5.10 Å². The second-order valence-electron chi connectivity index (χ2n) is 6.93. The largest absolute Gasteiger partial charge is 0.352 e. The molecule has 0 unspecified atom stereocenters. The first-order valence-corrected chi connectivity index (χ1v) is 9.56. The molecule has 0 aliphatic rings. The van der Waals surface area contributed by atoms with Crippen molar-refractivity contribution >= 4 is 5.91 Å². The van der Waals surface area contributed by atoms with Crippen molar-refractivity contribution in [2.75, 3.05) is 6.54 Å². The van der Waals surface area contributed by atoms with E-state index in [1.807, 2.05) is 35.0 Å². The zero-order chi connectivity index (χ0) is 19.2. The second-order valence-corrected chi connectivity index (χ2v) is 6.93. The molecule has 1 aromatic heterocycles. The first-order chi connectivity index (χ1) is 13.1. The first-order valence-electron chi connectivity index (χ1n) is 9.56. The Kier molecular flexibility index (Phi) is 6.07. The molecule has 0 fully saturated rings. The fourth-order valence-electron chi connectivity index (χ4n) is 3.21. The summed E-state index contributed by atoms with van der Waals surface area (Å²) in [7, 11) is 0. The van der Waals surface area contributed by atoms with Crippen LogP contribution in [0.5, 0.6) is 0 Å². The van der Waals surface area contributed by atoms with E-state index < -0.39 is 0 Å². The van der Waals surface area contributed by atoms with Gasteiger partial charge >= 0.3 is 0 Å². The molecule has 1 N–H and O–H groups in total. The van der Waals surface area contributed by atoms with Gasteiger partial charge < -0.3 is 5.32 Å². The van der Waals surface area contributed by atoms with Crippen LogP contribution in [-0.4, -0.2) is 22.2 Å². The van der Waals surface area contributed by atoms with Crippen LogP contribution < -0.4 is 5.32 Å². The van der Waals surface area contributed by atoms with Crippen LogP contribution in [-0.2, 0) is 12.8 Å². The molecule has 1 heterocycles. The van der Waals surface area contributed by atoms with Crippen LogP contribution in [0.4, 0.5) is 0 Å². The van der Waals surface area contributed by atoms with Gasteiger partial charge in [0.05, 0.1) is 23.1 Å². The summed E-state index contributed by atoms with van der Waals surface area (Å²) in [5, 5.41) is 7.52. The topological polar surface area (TPSA) is 46.9 Å². The Balaban J connectivity index is 1.70. The third-order valence-corrected chi connectivity index (χ3v) is 4.87. The molecule has 0 spiro atoms. The van der Waals surface area contributed by atoms with E-state index in [1.165, 1.54) is 16.7 Å². The molecule has 0 atom stereocenters. The van der Waals surface area contributed by atoms with E-state index in [0.717, 1.165) is 30.6 Å². The number of amides is 1. The number of nitrogens with zero attached hydrogens (tertiary/aromatic N) is 2. The minimum atomic E-state index is -0.0514. The van der Waals surface area contributed by atoms with Crippen LogP contribution in [0.15, 0.2) is 54.7 Å². The molecule has 0 saturated heterocycles. The molecule has 0 bridgehead atoms. The predicted molar refractivity (Wildman–Crippen MR) is 110 cm³/mol. The Morgan fingerprint density at radius 2 is 1.81 bits per heavy atom. The van der Waals surface area contributed by atoms with Crippen LogP contribution in [0.1, 0.15) is 46.1 Å². The maximum atomic E-state index is 12.7. The van der Waals surface area contributed by atoms with E-state index in [-0.39, 0.29) is 5.91 Å². The van der Waals surface area contributed by atoms with Crippen LogP contribution >= 0.6 is 0 Å². The van der Waals surface area contributed by atoms with Gasteiger partial charge in [0.1, 0.15) is 0 Å². The number of carbonyl (C=O) groups excluding carboxylic acids is 1. The van der Waals surface area contributed by atoms with Crippen LogP contribution in [0, 0.1) is 13.8 Å². The van der Waals surface area contributed by atoms with Gasteiger partial charge in [-0.25, -0.2) is 4.68 Å². The average molecular weight is 361 g/mol. The molecule has 3 aromatic rings. The van der Waals surface area contributed by atoms with Crippen molar-refractivity contribution in [3.8, 4) is 5.69 Å². The number of nitrogens with one attached hydrogen (secondary N) is 1. The number of benzene rings is 2. The van der Waals surface area contributed by atoms with Gasteiger partial charge in [-0.3, -0.25) is 4.79 Å². The van der Waals surface area contributed by atoms with E-state index >= 15 is 0 Å². The molecular formula is C23H27N3O. The summed E-state index contributed by atoms with van der Waals surface area (Å²) in [6.45, 7) is 6.96. The Bertz CT molecular complexity index is 913. The summed E-state index contributed by atoms with van der Waals surface area (Å²) in [5.41, 5.74) is 6.43. The number of rotatable bonds is 7. The third-order valence-electron chi connectivity index (χ3n) is 4.87. The molecule has 140 valence electrons. The van der Waals surface area contributed by atoms with Crippen molar-refractivity contribution in [2.24, 2.45) is 0 Å². The predicted octanol–water partition coefficient (Wildman–Crippen LogP) is 4.41. The summed E-state index contributed by atoms with van der Waals surface area (Å²) >= 11 is 0. The van der Waals surface area contributed by atoms with Crippen molar-refractivity contribution in [2.45, 2.75) is 40.0 Å². The number of aromatic nitrogens is 2. The Hall–Kier alpha value is -2.88. The standard InChI is InChI=1S/C23H27N3O/c1-4-8-22-21(16-25-26(22)20-9-6-5-7-10-20)23(27)24-14-13-19-12-11-17(2)18(3)15-19/h5-7,9-12,15-16H,4,8,13-14H2,1-3H3,(H,24,27). The van der Waals surface area contributed by atoms with Gasteiger partial charge in [-0.05, 0) is 55.5 Å². The lowest BCUT2D eigenvalue weighted by atomic mass is 10.0.